The van der Waals surface area contributed by atoms with Crippen LogP contribution >= 0.6 is 50.9 Å². The van der Waals surface area contributed by atoms with Crippen LogP contribution in [-0.4, -0.2) is 22.4 Å². The van der Waals surface area contributed by atoms with Gasteiger partial charge < -0.3 is 0 Å². The van der Waals surface area contributed by atoms with E-state index in [-0.39, 0.29) is 0 Å². The summed E-state index contributed by atoms with van der Waals surface area (Å²) < 4.78 is 1.12. The lowest BCUT2D eigenvalue weighted by Gasteiger charge is -2.41. The second-order valence-corrected chi connectivity index (χ2v) is 10.6. The van der Waals surface area contributed by atoms with E-state index < -0.39 is 0 Å². The summed E-state index contributed by atoms with van der Waals surface area (Å²) in [5.41, 5.74) is 3.66. The molecule has 1 unspecified atom stereocenters. The summed E-state index contributed by atoms with van der Waals surface area (Å²) in [6.07, 6.45) is 3.69. The first kappa shape index (κ1) is 21.6. The molecule has 0 aromatic heterocycles. The van der Waals surface area contributed by atoms with Gasteiger partial charge in [0.15, 0.2) is 0 Å². The van der Waals surface area contributed by atoms with E-state index in [4.69, 9.17) is 23.2 Å². The van der Waals surface area contributed by atoms with E-state index >= 15 is 0 Å². The summed E-state index contributed by atoms with van der Waals surface area (Å²) in [5.74, 6) is 1.62. The van der Waals surface area contributed by atoms with Crippen LogP contribution in [0.1, 0.15) is 50.3 Å². The standard InChI is InChI=1S/C23H25BrCl2N2S/c1-3-12-27(23(16-4-5-16)17-6-8-18(24)9-7-17)28-14-29-15(2)22(28)20-11-10-19(25)13-21(20)26/h6-11,13,16,23H,3-5,12,14H2,1-2H3. The highest BCUT2D eigenvalue weighted by atomic mass is 79.9. The number of rotatable bonds is 7. The van der Waals surface area contributed by atoms with Crippen molar-refractivity contribution >= 4 is 56.6 Å². The molecule has 1 saturated carbocycles. The number of halogens is 3. The molecule has 0 spiro atoms. The Bertz CT molecular complexity index is 912. The van der Waals surface area contributed by atoms with E-state index in [0.29, 0.717) is 22.0 Å². The number of hydrogen-bond acceptors (Lipinski definition) is 3. The van der Waals surface area contributed by atoms with Gasteiger partial charge in [0.25, 0.3) is 0 Å². The normalized spacial score (nSPS) is 18.1. The first-order valence-electron chi connectivity index (χ1n) is 10.1. The highest BCUT2D eigenvalue weighted by molar-refractivity contribution is 9.10. The maximum atomic E-state index is 6.63. The number of benzene rings is 2. The summed E-state index contributed by atoms with van der Waals surface area (Å²) in [6.45, 7) is 5.47. The van der Waals surface area contributed by atoms with Gasteiger partial charge in [0.2, 0.25) is 0 Å². The third kappa shape index (κ3) is 4.67. The molecule has 2 aromatic rings. The smallest absolute Gasteiger partial charge is 0.0846 e. The van der Waals surface area contributed by atoms with Crippen molar-refractivity contribution < 1.29 is 0 Å². The minimum Gasteiger partial charge on any atom is -0.293 e. The molecule has 29 heavy (non-hydrogen) atoms. The molecule has 2 nitrogen and oxygen atoms in total. The second kappa shape index (κ2) is 9.23. The van der Waals surface area contributed by atoms with Gasteiger partial charge in [0.1, 0.15) is 0 Å². The fourth-order valence-electron chi connectivity index (χ4n) is 4.08. The van der Waals surface area contributed by atoms with Crippen LogP contribution in [0, 0.1) is 5.92 Å². The molecule has 1 aliphatic carbocycles. The Morgan fingerprint density at radius 1 is 1.17 bits per heavy atom. The van der Waals surface area contributed by atoms with Crippen LogP contribution in [0.2, 0.25) is 10.0 Å². The van der Waals surface area contributed by atoms with Crippen LogP contribution in [0.3, 0.4) is 0 Å². The summed E-state index contributed by atoms with van der Waals surface area (Å²) in [7, 11) is 0. The maximum Gasteiger partial charge on any atom is 0.0846 e. The highest BCUT2D eigenvalue weighted by Crippen LogP contribution is 2.49. The van der Waals surface area contributed by atoms with E-state index in [0.717, 1.165) is 28.9 Å². The van der Waals surface area contributed by atoms with E-state index in [2.05, 4.69) is 70.1 Å². The minimum atomic E-state index is 0.385. The minimum absolute atomic E-state index is 0.385. The number of hydrogen-bond donors (Lipinski definition) is 0. The van der Waals surface area contributed by atoms with E-state index in [1.165, 1.54) is 29.0 Å². The van der Waals surface area contributed by atoms with Crippen molar-refractivity contribution in [3.8, 4) is 0 Å². The Morgan fingerprint density at radius 3 is 2.52 bits per heavy atom. The van der Waals surface area contributed by atoms with Gasteiger partial charge in [-0.1, -0.05) is 58.2 Å². The second-order valence-electron chi connectivity index (χ2n) is 7.70. The van der Waals surface area contributed by atoms with Gasteiger partial charge in [-0.25, -0.2) is 5.01 Å². The van der Waals surface area contributed by atoms with Crippen molar-refractivity contribution in [2.24, 2.45) is 5.92 Å². The third-order valence-electron chi connectivity index (χ3n) is 5.55. The first-order chi connectivity index (χ1) is 14.0. The van der Waals surface area contributed by atoms with Gasteiger partial charge in [-0.3, -0.25) is 5.01 Å². The first-order valence-corrected chi connectivity index (χ1v) is 12.6. The van der Waals surface area contributed by atoms with Gasteiger partial charge in [0, 0.05) is 26.5 Å². The third-order valence-corrected chi connectivity index (χ3v) is 7.62. The largest absolute Gasteiger partial charge is 0.293 e. The quantitative estimate of drug-likeness (QED) is 0.369. The summed E-state index contributed by atoms with van der Waals surface area (Å²) >= 11 is 18.3. The number of hydrazine groups is 1. The van der Waals surface area contributed by atoms with Crippen molar-refractivity contribution in [2.45, 2.75) is 39.2 Å². The lowest BCUT2D eigenvalue weighted by molar-refractivity contribution is -0.00435. The van der Waals surface area contributed by atoms with E-state index in [1.54, 1.807) is 0 Å². The zero-order valence-corrected chi connectivity index (χ0v) is 20.6. The molecule has 2 aromatic carbocycles. The summed E-state index contributed by atoms with van der Waals surface area (Å²) in [5, 5.41) is 6.43. The lowest BCUT2D eigenvalue weighted by atomic mass is 10.0. The number of nitrogens with zero attached hydrogens (tertiary/aromatic N) is 2. The molecule has 1 fully saturated rings. The maximum absolute atomic E-state index is 6.63. The van der Waals surface area contributed by atoms with Crippen LogP contribution in [0.15, 0.2) is 51.8 Å². The van der Waals surface area contributed by atoms with Crippen molar-refractivity contribution in [1.29, 1.82) is 0 Å². The van der Waals surface area contributed by atoms with E-state index in [9.17, 15) is 0 Å². The molecule has 0 saturated heterocycles. The molecule has 1 heterocycles. The molecule has 154 valence electrons. The van der Waals surface area contributed by atoms with E-state index in [1.807, 2.05) is 23.9 Å². The summed E-state index contributed by atoms with van der Waals surface area (Å²) in [6, 6.07) is 15.1. The topological polar surface area (TPSA) is 6.48 Å². The Labute approximate surface area is 196 Å². The average molecular weight is 512 g/mol. The zero-order chi connectivity index (χ0) is 20.5. The van der Waals surface area contributed by atoms with Crippen molar-refractivity contribution in [1.82, 2.24) is 10.0 Å². The molecule has 2 aliphatic rings. The van der Waals surface area contributed by atoms with Crippen LogP contribution in [-0.2, 0) is 0 Å². The molecular weight excluding hydrogens is 487 g/mol. The van der Waals surface area contributed by atoms with Gasteiger partial charge in [-0.15, -0.1) is 11.8 Å². The zero-order valence-electron chi connectivity index (χ0n) is 16.7. The Kier molecular flexibility index (Phi) is 6.87. The molecule has 4 rings (SSSR count). The van der Waals surface area contributed by atoms with Gasteiger partial charge >= 0.3 is 0 Å². The predicted molar refractivity (Wildman–Crippen MR) is 130 cm³/mol. The van der Waals surface area contributed by atoms with Crippen LogP contribution in [0.25, 0.3) is 5.70 Å². The van der Waals surface area contributed by atoms with Crippen molar-refractivity contribution in [3.63, 3.8) is 0 Å². The van der Waals surface area contributed by atoms with Gasteiger partial charge in [-0.2, -0.15) is 0 Å². The monoisotopic (exact) mass is 510 g/mol. The van der Waals surface area contributed by atoms with Gasteiger partial charge in [-0.05, 0) is 68.0 Å². The van der Waals surface area contributed by atoms with Crippen LogP contribution in [0.5, 0.6) is 0 Å². The summed E-state index contributed by atoms with van der Waals surface area (Å²) in [4.78, 5) is 1.31. The highest BCUT2D eigenvalue weighted by Gasteiger charge is 2.40. The van der Waals surface area contributed by atoms with Crippen LogP contribution in [0.4, 0.5) is 0 Å². The predicted octanol–water partition coefficient (Wildman–Crippen LogP) is 8.23. The molecule has 1 atom stereocenters. The average Bonchev–Trinajstić information content (AvgIpc) is 3.45. The van der Waals surface area contributed by atoms with Crippen molar-refractivity contribution in [2.75, 3.05) is 12.4 Å². The SMILES string of the molecule is CCCN(C(c1ccc(Br)cc1)C1CC1)N1CSC(C)=C1c1ccc(Cl)cc1Cl. The Morgan fingerprint density at radius 2 is 1.90 bits per heavy atom. The molecular formula is C23H25BrCl2N2S. The fourth-order valence-corrected chi connectivity index (χ4v) is 5.79. The molecule has 0 bridgehead atoms. The molecule has 1 aliphatic heterocycles. The molecule has 0 amide bonds. The molecule has 0 radical (unpaired) electrons. The Hall–Kier alpha value is -0.650. The molecule has 0 N–H and O–H groups in total. The van der Waals surface area contributed by atoms with Gasteiger partial charge in [0.05, 0.1) is 22.6 Å². The number of thioether (sulfide) groups is 1. The van der Waals surface area contributed by atoms with Crippen LogP contribution < -0.4 is 0 Å². The van der Waals surface area contributed by atoms with Crippen molar-refractivity contribution in [3.05, 3.63) is 73.0 Å². The lowest BCUT2D eigenvalue weighted by Crippen LogP contribution is -2.43. The Balaban J connectivity index is 1.74. The number of allylic oxidation sites excluding steroid dienone is 1. The fraction of sp³-hybridized carbons (Fsp3) is 0.391. The molecule has 6 heteroatoms.